The normalized spacial score (nSPS) is 10.4. The first-order chi connectivity index (χ1) is 9.97. The molecule has 1 heterocycles. The molecule has 8 heteroatoms. The fourth-order valence-corrected chi connectivity index (χ4v) is 1.96. The highest BCUT2D eigenvalue weighted by Crippen LogP contribution is 2.24. The van der Waals surface area contributed by atoms with Crippen LogP contribution in [-0.4, -0.2) is 27.2 Å². The van der Waals surface area contributed by atoms with Crippen molar-refractivity contribution >= 4 is 23.2 Å². The lowest BCUT2D eigenvalue weighted by atomic mass is 10.2. The second-order valence-corrected chi connectivity index (χ2v) is 4.87. The minimum atomic E-state index is -0.619. The Bertz CT molecular complexity index is 684. The number of aromatic nitrogens is 2. The number of nitrogens with one attached hydrogen (secondary N) is 1. The molecule has 0 aliphatic heterocycles. The Balaban J connectivity index is 1.97. The van der Waals surface area contributed by atoms with Gasteiger partial charge < -0.3 is 5.32 Å². The van der Waals surface area contributed by atoms with Gasteiger partial charge in [-0.2, -0.15) is 5.10 Å². The van der Waals surface area contributed by atoms with Crippen LogP contribution in [0.3, 0.4) is 0 Å². The van der Waals surface area contributed by atoms with E-state index < -0.39 is 10.8 Å². The summed E-state index contributed by atoms with van der Waals surface area (Å²) < 4.78 is 1.71. The molecule has 0 spiro atoms. The molecule has 0 aliphatic rings. The maximum Gasteiger partial charge on any atom is 0.288 e. The van der Waals surface area contributed by atoms with Crippen molar-refractivity contribution in [1.29, 1.82) is 0 Å². The Kier molecular flexibility index (Phi) is 4.54. The molecule has 1 N–H and O–H groups in total. The summed E-state index contributed by atoms with van der Waals surface area (Å²) in [6.07, 6.45) is 3.59. The van der Waals surface area contributed by atoms with Crippen molar-refractivity contribution in [2.45, 2.75) is 13.5 Å². The van der Waals surface area contributed by atoms with Gasteiger partial charge in [-0.15, -0.1) is 0 Å². The monoisotopic (exact) mass is 308 g/mol. The van der Waals surface area contributed by atoms with Crippen molar-refractivity contribution in [3.63, 3.8) is 0 Å². The molecule has 0 unspecified atom stereocenters. The smallest absolute Gasteiger partial charge is 0.288 e. The molecule has 1 aromatic heterocycles. The minimum Gasteiger partial charge on any atom is -0.350 e. The topological polar surface area (TPSA) is 90.1 Å². The number of carbonyl (C=O) groups excluding carboxylic acids is 1. The first kappa shape index (κ1) is 15.0. The zero-order valence-corrected chi connectivity index (χ0v) is 12.0. The molecule has 7 nitrogen and oxygen atoms in total. The van der Waals surface area contributed by atoms with Gasteiger partial charge in [0, 0.05) is 24.4 Å². The third kappa shape index (κ3) is 3.79. The SMILES string of the molecule is Cc1cnn(CCNC(=O)c2ccc(Cl)c([N+](=O)[O-])c2)c1. The number of rotatable bonds is 5. The molecule has 0 bridgehead atoms. The van der Waals surface area contributed by atoms with E-state index in [-0.39, 0.29) is 16.3 Å². The number of nitrogens with zero attached hydrogens (tertiary/aromatic N) is 3. The van der Waals surface area contributed by atoms with Crippen LogP contribution < -0.4 is 5.32 Å². The van der Waals surface area contributed by atoms with E-state index in [1.54, 1.807) is 10.9 Å². The van der Waals surface area contributed by atoms with Crippen LogP contribution in [0.1, 0.15) is 15.9 Å². The predicted octanol–water partition coefficient (Wildman–Crippen LogP) is 2.18. The third-order valence-corrected chi connectivity index (χ3v) is 3.11. The number of nitro groups is 1. The lowest BCUT2D eigenvalue weighted by Gasteiger charge is -2.06. The van der Waals surface area contributed by atoms with E-state index in [1.165, 1.54) is 12.1 Å². The van der Waals surface area contributed by atoms with E-state index in [9.17, 15) is 14.9 Å². The van der Waals surface area contributed by atoms with Gasteiger partial charge in [0.25, 0.3) is 11.6 Å². The number of hydrogen-bond donors (Lipinski definition) is 1. The van der Waals surface area contributed by atoms with E-state index in [0.29, 0.717) is 13.1 Å². The minimum absolute atomic E-state index is 0.00330. The van der Waals surface area contributed by atoms with Gasteiger partial charge in [0.05, 0.1) is 17.7 Å². The Hall–Kier alpha value is -2.41. The van der Waals surface area contributed by atoms with Crippen LogP contribution in [0.4, 0.5) is 5.69 Å². The van der Waals surface area contributed by atoms with Crippen LogP contribution in [0.5, 0.6) is 0 Å². The molecular formula is C13H13ClN4O3. The maximum atomic E-state index is 11.9. The Labute approximate surface area is 125 Å². The summed E-state index contributed by atoms with van der Waals surface area (Å²) in [5, 5.41) is 17.5. The van der Waals surface area contributed by atoms with Gasteiger partial charge >= 0.3 is 0 Å². The average Bonchev–Trinajstić information content (AvgIpc) is 2.84. The van der Waals surface area contributed by atoms with Gasteiger partial charge in [0.2, 0.25) is 0 Å². The molecule has 21 heavy (non-hydrogen) atoms. The van der Waals surface area contributed by atoms with Crippen LogP contribution in [0.25, 0.3) is 0 Å². The Morgan fingerprint density at radius 3 is 2.90 bits per heavy atom. The molecule has 1 amide bonds. The lowest BCUT2D eigenvalue weighted by Crippen LogP contribution is -2.27. The van der Waals surface area contributed by atoms with E-state index in [4.69, 9.17) is 11.6 Å². The molecule has 0 fully saturated rings. The van der Waals surface area contributed by atoms with Crippen LogP contribution >= 0.6 is 11.6 Å². The summed E-state index contributed by atoms with van der Waals surface area (Å²) in [6, 6.07) is 3.95. The largest absolute Gasteiger partial charge is 0.350 e. The number of amides is 1. The lowest BCUT2D eigenvalue weighted by molar-refractivity contribution is -0.384. The predicted molar refractivity (Wildman–Crippen MR) is 77.4 cm³/mol. The quantitative estimate of drug-likeness (QED) is 0.677. The second-order valence-electron chi connectivity index (χ2n) is 4.46. The third-order valence-electron chi connectivity index (χ3n) is 2.79. The first-order valence-corrected chi connectivity index (χ1v) is 6.56. The highest BCUT2D eigenvalue weighted by atomic mass is 35.5. The van der Waals surface area contributed by atoms with Crippen LogP contribution in [0, 0.1) is 17.0 Å². The Morgan fingerprint density at radius 2 is 2.29 bits per heavy atom. The summed E-state index contributed by atoms with van der Waals surface area (Å²) in [6.45, 7) is 2.82. The van der Waals surface area contributed by atoms with Crippen molar-refractivity contribution in [1.82, 2.24) is 15.1 Å². The van der Waals surface area contributed by atoms with Gasteiger partial charge in [-0.05, 0) is 24.6 Å². The molecule has 0 aliphatic carbocycles. The molecule has 2 aromatic rings. The van der Waals surface area contributed by atoms with Crippen LogP contribution in [0.2, 0.25) is 5.02 Å². The van der Waals surface area contributed by atoms with Crippen LogP contribution in [-0.2, 0) is 6.54 Å². The maximum absolute atomic E-state index is 11.9. The molecule has 0 radical (unpaired) electrons. The second kappa shape index (κ2) is 6.36. The number of benzene rings is 1. The first-order valence-electron chi connectivity index (χ1n) is 6.18. The molecular weight excluding hydrogens is 296 g/mol. The average molecular weight is 309 g/mol. The highest BCUT2D eigenvalue weighted by molar-refractivity contribution is 6.32. The van der Waals surface area contributed by atoms with Gasteiger partial charge in [-0.25, -0.2) is 0 Å². The fourth-order valence-electron chi connectivity index (χ4n) is 1.77. The fraction of sp³-hybridized carbons (Fsp3) is 0.231. The molecule has 110 valence electrons. The van der Waals surface area contributed by atoms with E-state index in [0.717, 1.165) is 11.6 Å². The van der Waals surface area contributed by atoms with Crippen molar-refractivity contribution in [3.05, 3.63) is 56.9 Å². The summed E-state index contributed by atoms with van der Waals surface area (Å²) in [7, 11) is 0. The van der Waals surface area contributed by atoms with E-state index in [2.05, 4.69) is 10.4 Å². The summed E-state index contributed by atoms with van der Waals surface area (Å²) in [5.41, 5.74) is 0.949. The van der Waals surface area contributed by atoms with E-state index in [1.807, 2.05) is 13.1 Å². The van der Waals surface area contributed by atoms with Crippen LogP contribution in [0.15, 0.2) is 30.6 Å². The molecule has 1 aromatic carbocycles. The number of nitro benzene ring substituents is 1. The highest BCUT2D eigenvalue weighted by Gasteiger charge is 2.15. The molecule has 0 saturated heterocycles. The molecule has 0 saturated carbocycles. The number of aryl methyl sites for hydroxylation is 1. The number of halogens is 1. The van der Waals surface area contributed by atoms with Crippen molar-refractivity contribution in [2.75, 3.05) is 6.54 Å². The zero-order chi connectivity index (χ0) is 15.4. The van der Waals surface area contributed by atoms with E-state index >= 15 is 0 Å². The number of hydrogen-bond acceptors (Lipinski definition) is 4. The summed E-state index contributed by atoms with van der Waals surface area (Å²) in [5.74, 6) is -0.390. The van der Waals surface area contributed by atoms with Crippen molar-refractivity contribution in [3.8, 4) is 0 Å². The van der Waals surface area contributed by atoms with Crippen molar-refractivity contribution in [2.24, 2.45) is 0 Å². The summed E-state index contributed by atoms with van der Waals surface area (Å²) >= 11 is 5.70. The molecule has 2 rings (SSSR count). The Morgan fingerprint density at radius 1 is 1.52 bits per heavy atom. The zero-order valence-electron chi connectivity index (χ0n) is 11.2. The molecule has 0 atom stereocenters. The van der Waals surface area contributed by atoms with Gasteiger partial charge in [-0.3, -0.25) is 19.6 Å². The summed E-state index contributed by atoms with van der Waals surface area (Å²) in [4.78, 5) is 22.1. The van der Waals surface area contributed by atoms with Gasteiger partial charge in [0.15, 0.2) is 0 Å². The van der Waals surface area contributed by atoms with Gasteiger partial charge in [-0.1, -0.05) is 11.6 Å². The number of carbonyl (C=O) groups is 1. The van der Waals surface area contributed by atoms with Gasteiger partial charge in [0.1, 0.15) is 5.02 Å². The van der Waals surface area contributed by atoms with Crippen molar-refractivity contribution < 1.29 is 9.72 Å². The standard InChI is InChI=1S/C13H13ClN4O3/c1-9-7-16-17(8-9)5-4-15-13(19)10-2-3-11(14)12(6-10)18(20)21/h2-3,6-8H,4-5H2,1H3,(H,15,19).